The van der Waals surface area contributed by atoms with Crippen molar-refractivity contribution in [3.63, 3.8) is 0 Å². The summed E-state index contributed by atoms with van der Waals surface area (Å²) in [5.74, 6) is -0.848. The third-order valence-electron chi connectivity index (χ3n) is 6.84. The van der Waals surface area contributed by atoms with E-state index in [0.717, 1.165) is 29.4 Å². The fourth-order valence-electron chi connectivity index (χ4n) is 4.91. The number of aromatic carboxylic acids is 1. The molecule has 7 heteroatoms. The summed E-state index contributed by atoms with van der Waals surface area (Å²) in [5.41, 5.74) is 5.45. The first-order valence-electron chi connectivity index (χ1n) is 12.8. The van der Waals surface area contributed by atoms with E-state index in [1.165, 1.54) is 6.07 Å². The first kappa shape index (κ1) is 26.2. The summed E-state index contributed by atoms with van der Waals surface area (Å²) in [5, 5.41) is 13.8. The van der Waals surface area contributed by atoms with Crippen molar-refractivity contribution >= 4 is 34.5 Å². The highest BCUT2D eigenvalue weighted by Gasteiger charge is 2.23. The molecular weight excluding hydrogens is 510 g/mol. The molecule has 39 heavy (non-hydrogen) atoms. The van der Waals surface area contributed by atoms with E-state index in [4.69, 9.17) is 16.6 Å². The first-order valence-corrected chi connectivity index (χ1v) is 13.2. The number of aromatic nitrogens is 2. The molecule has 0 radical (unpaired) electrons. The monoisotopic (exact) mass is 537 g/mol. The van der Waals surface area contributed by atoms with Crippen molar-refractivity contribution in [2.75, 3.05) is 0 Å². The predicted octanol–water partition coefficient (Wildman–Crippen LogP) is 7.83. The van der Waals surface area contributed by atoms with Gasteiger partial charge in [0.25, 0.3) is 5.91 Å². The fourth-order valence-corrected chi connectivity index (χ4v) is 5.08. The molecule has 0 saturated carbocycles. The van der Waals surface area contributed by atoms with Gasteiger partial charge in [0.05, 0.1) is 22.6 Å². The Bertz CT molecular complexity index is 1640. The number of aryl methyl sites for hydroxylation is 1. The van der Waals surface area contributed by atoms with Crippen LogP contribution in [-0.4, -0.2) is 27.0 Å². The normalized spacial score (nSPS) is 11.9. The minimum absolute atomic E-state index is 0.0112. The minimum atomic E-state index is -1.14. The average Bonchev–Trinajstić information content (AvgIpc) is 3.37. The van der Waals surface area contributed by atoms with Crippen LogP contribution in [0.15, 0.2) is 84.9 Å². The van der Waals surface area contributed by atoms with Gasteiger partial charge in [-0.25, -0.2) is 9.78 Å². The van der Waals surface area contributed by atoms with Gasteiger partial charge < -0.3 is 15.4 Å². The number of amides is 1. The molecule has 4 aromatic carbocycles. The number of benzene rings is 4. The van der Waals surface area contributed by atoms with Crippen molar-refractivity contribution in [2.45, 2.75) is 32.7 Å². The van der Waals surface area contributed by atoms with E-state index in [2.05, 4.69) is 17.2 Å². The standard InChI is InChI=1S/C32H28ClN3O3/c1-3-9-27(20-10-5-4-6-11-20)36-31(37)23-18-26(32(38)39)24(16-19(23)2)25-17-21(33)14-15-22(25)30-34-28-12-7-8-13-29(28)35-30/h4-8,10-18,27H,3,9H2,1-2H3,(H,34,35)(H,36,37)(H,38,39). The molecule has 1 aromatic heterocycles. The van der Waals surface area contributed by atoms with Crippen molar-refractivity contribution in [3.05, 3.63) is 112 Å². The maximum atomic E-state index is 13.4. The lowest BCUT2D eigenvalue weighted by atomic mass is 9.90. The van der Waals surface area contributed by atoms with E-state index in [1.54, 1.807) is 18.2 Å². The topological polar surface area (TPSA) is 95.1 Å². The van der Waals surface area contributed by atoms with Crippen LogP contribution in [0.1, 0.15) is 57.7 Å². The third kappa shape index (κ3) is 5.42. The maximum absolute atomic E-state index is 13.4. The zero-order valence-electron chi connectivity index (χ0n) is 21.7. The lowest BCUT2D eigenvalue weighted by Gasteiger charge is -2.20. The summed E-state index contributed by atoms with van der Waals surface area (Å²) < 4.78 is 0. The van der Waals surface area contributed by atoms with Gasteiger partial charge in [0.1, 0.15) is 5.82 Å². The van der Waals surface area contributed by atoms with E-state index in [0.29, 0.717) is 38.7 Å². The Morgan fingerprint density at radius 3 is 2.38 bits per heavy atom. The zero-order valence-corrected chi connectivity index (χ0v) is 22.4. The molecule has 5 aromatic rings. The number of aromatic amines is 1. The number of nitrogens with one attached hydrogen (secondary N) is 2. The molecule has 6 nitrogen and oxygen atoms in total. The number of para-hydroxylation sites is 2. The highest BCUT2D eigenvalue weighted by molar-refractivity contribution is 6.31. The summed E-state index contributed by atoms with van der Waals surface area (Å²) >= 11 is 6.39. The highest BCUT2D eigenvalue weighted by atomic mass is 35.5. The van der Waals surface area contributed by atoms with Crippen LogP contribution in [0, 0.1) is 6.92 Å². The number of carbonyl (C=O) groups excluding carboxylic acids is 1. The second kappa shape index (κ2) is 11.1. The van der Waals surface area contributed by atoms with Crippen molar-refractivity contribution in [2.24, 2.45) is 0 Å². The zero-order chi connectivity index (χ0) is 27.5. The third-order valence-corrected chi connectivity index (χ3v) is 7.08. The minimum Gasteiger partial charge on any atom is -0.478 e. The summed E-state index contributed by atoms with van der Waals surface area (Å²) in [6.07, 6.45) is 1.65. The van der Waals surface area contributed by atoms with Crippen LogP contribution in [0.5, 0.6) is 0 Å². The Balaban J connectivity index is 1.58. The second-order valence-corrected chi connectivity index (χ2v) is 9.97. The van der Waals surface area contributed by atoms with Crippen molar-refractivity contribution < 1.29 is 14.7 Å². The molecule has 0 aliphatic carbocycles. The molecule has 0 aliphatic heterocycles. The summed E-state index contributed by atoms with van der Waals surface area (Å²) in [4.78, 5) is 34.0. The lowest BCUT2D eigenvalue weighted by Crippen LogP contribution is -2.29. The number of hydrogen-bond donors (Lipinski definition) is 3. The van der Waals surface area contributed by atoms with E-state index in [1.807, 2.05) is 67.6 Å². The van der Waals surface area contributed by atoms with Gasteiger partial charge in [-0.2, -0.15) is 0 Å². The van der Waals surface area contributed by atoms with Crippen LogP contribution in [0.3, 0.4) is 0 Å². The van der Waals surface area contributed by atoms with Crippen LogP contribution in [0.4, 0.5) is 0 Å². The number of fused-ring (bicyclic) bond motifs is 1. The van der Waals surface area contributed by atoms with Crippen molar-refractivity contribution in [3.8, 4) is 22.5 Å². The van der Waals surface area contributed by atoms with E-state index >= 15 is 0 Å². The van der Waals surface area contributed by atoms with E-state index in [9.17, 15) is 14.7 Å². The van der Waals surface area contributed by atoms with Crippen LogP contribution in [0.25, 0.3) is 33.5 Å². The quantitative estimate of drug-likeness (QED) is 0.188. The molecule has 0 fully saturated rings. The van der Waals surface area contributed by atoms with Crippen LogP contribution in [0.2, 0.25) is 5.02 Å². The van der Waals surface area contributed by atoms with Gasteiger partial charge in [0.2, 0.25) is 0 Å². The smallest absolute Gasteiger partial charge is 0.336 e. The summed E-state index contributed by atoms with van der Waals surface area (Å²) in [7, 11) is 0. The molecule has 1 unspecified atom stereocenters. The summed E-state index contributed by atoms with van der Waals surface area (Å²) in [6.45, 7) is 3.88. The highest BCUT2D eigenvalue weighted by Crippen LogP contribution is 2.37. The van der Waals surface area contributed by atoms with Crippen LogP contribution >= 0.6 is 11.6 Å². The maximum Gasteiger partial charge on any atom is 0.336 e. The van der Waals surface area contributed by atoms with Crippen molar-refractivity contribution in [1.82, 2.24) is 15.3 Å². The Labute approximate surface area is 231 Å². The Morgan fingerprint density at radius 2 is 1.67 bits per heavy atom. The molecule has 1 heterocycles. The average molecular weight is 538 g/mol. The molecule has 196 valence electrons. The van der Waals surface area contributed by atoms with E-state index < -0.39 is 5.97 Å². The molecule has 0 aliphatic rings. The molecule has 1 amide bonds. The van der Waals surface area contributed by atoms with Gasteiger partial charge >= 0.3 is 5.97 Å². The molecule has 0 spiro atoms. The van der Waals surface area contributed by atoms with Gasteiger partial charge in [-0.05, 0) is 78.1 Å². The molecule has 1 atom stereocenters. The van der Waals surface area contributed by atoms with Crippen LogP contribution in [-0.2, 0) is 0 Å². The number of halogens is 1. The number of H-pyrrole nitrogens is 1. The number of nitrogens with zero attached hydrogens (tertiary/aromatic N) is 1. The number of imidazole rings is 1. The Kier molecular flexibility index (Phi) is 7.48. The number of carboxylic acids is 1. The molecule has 0 saturated heterocycles. The van der Waals surface area contributed by atoms with Gasteiger partial charge in [-0.15, -0.1) is 0 Å². The van der Waals surface area contributed by atoms with Gasteiger partial charge in [0, 0.05) is 16.1 Å². The van der Waals surface area contributed by atoms with E-state index in [-0.39, 0.29) is 17.5 Å². The van der Waals surface area contributed by atoms with Crippen LogP contribution < -0.4 is 5.32 Å². The molecule has 0 bridgehead atoms. The Morgan fingerprint density at radius 1 is 0.923 bits per heavy atom. The lowest BCUT2D eigenvalue weighted by molar-refractivity contribution is 0.0697. The Hall–Kier alpha value is -4.42. The van der Waals surface area contributed by atoms with Gasteiger partial charge in [0.15, 0.2) is 0 Å². The predicted molar refractivity (Wildman–Crippen MR) is 155 cm³/mol. The van der Waals surface area contributed by atoms with Crippen molar-refractivity contribution in [1.29, 1.82) is 0 Å². The number of rotatable bonds is 8. The SMILES string of the molecule is CCCC(NC(=O)c1cc(C(=O)O)c(-c2cc(Cl)ccc2-c2nc3ccccc3[nH]2)cc1C)c1ccccc1. The number of hydrogen-bond acceptors (Lipinski definition) is 3. The number of carbonyl (C=O) groups is 2. The largest absolute Gasteiger partial charge is 0.478 e. The molecular formula is C32H28ClN3O3. The second-order valence-electron chi connectivity index (χ2n) is 9.54. The molecule has 5 rings (SSSR count). The van der Waals surface area contributed by atoms with Gasteiger partial charge in [-0.3, -0.25) is 4.79 Å². The fraction of sp³-hybridized carbons (Fsp3) is 0.156. The number of carboxylic acid groups (broad SMARTS) is 1. The van der Waals surface area contributed by atoms with Gasteiger partial charge in [-0.1, -0.05) is 67.4 Å². The first-order chi connectivity index (χ1) is 18.9. The summed E-state index contributed by atoms with van der Waals surface area (Å²) in [6, 6.07) is 25.8. The molecule has 3 N–H and O–H groups in total.